The molecule has 2 heterocycles. The summed E-state index contributed by atoms with van der Waals surface area (Å²) in [6.45, 7) is 1.26. The van der Waals surface area contributed by atoms with Crippen LogP contribution in [0.5, 0.6) is 11.5 Å². The number of ether oxygens (including phenoxy) is 4. The van der Waals surface area contributed by atoms with Crippen molar-refractivity contribution in [1.82, 2.24) is 9.55 Å². The molecule has 4 aromatic rings. The number of alkyl halides is 1. The molecule has 41 heavy (non-hydrogen) atoms. The minimum Gasteiger partial charge on any atom is -0.497 e. The van der Waals surface area contributed by atoms with Gasteiger partial charge in [0.25, 0.3) is 5.56 Å². The Balaban J connectivity index is 1.56. The van der Waals surface area contributed by atoms with Crippen LogP contribution >= 0.6 is 0 Å². The molecule has 3 aromatic carbocycles. The summed E-state index contributed by atoms with van der Waals surface area (Å²) in [7, 11) is 3.16. The van der Waals surface area contributed by atoms with Gasteiger partial charge in [0, 0.05) is 11.8 Å². The predicted octanol–water partition coefficient (Wildman–Crippen LogP) is 3.47. The van der Waals surface area contributed by atoms with E-state index in [0.717, 1.165) is 21.3 Å². The van der Waals surface area contributed by atoms with Gasteiger partial charge in [-0.3, -0.25) is 14.3 Å². The number of benzene rings is 3. The van der Waals surface area contributed by atoms with E-state index in [1.165, 1.54) is 13.1 Å². The number of H-pyrrole nitrogens is 1. The molecule has 1 aliphatic heterocycles. The number of aryl methyl sites for hydroxylation is 1. The third-order valence-corrected chi connectivity index (χ3v) is 7.35. The molecule has 0 spiro atoms. The number of aromatic nitrogens is 2. The van der Waals surface area contributed by atoms with Crippen LogP contribution in [0, 0.1) is 6.92 Å². The summed E-state index contributed by atoms with van der Waals surface area (Å²) < 4.78 is 39.6. The maximum Gasteiger partial charge on any atom is 0.330 e. The van der Waals surface area contributed by atoms with Crippen LogP contribution in [0.25, 0.3) is 0 Å². The van der Waals surface area contributed by atoms with Crippen molar-refractivity contribution in [2.24, 2.45) is 0 Å². The van der Waals surface area contributed by atoms with E-state index in [2.05, 4.69) is 4.98 Å². The Morgan fingerprint density at radius 2 is 1.44 bits per heavy atom. The van der Waals surface area contributed by atoms with Crippen molar-refractivity contribution in [3.8, 4) is 11.5 Å². The summed E-state index contributed by atoms with van der Waals surface area (Å²) in [6.07, 6.45) is -4.90. The van der Waals surface area contributed by atoms with Gasteiger partial charge in [-0.15, -0.1) is 0 Å². The zero-order valence-electron chi connectivity index (χ0n) is 22.8. The Labute approximate surface area is 235 Å². The van der Waals surface area contributed by atoms with Crippen LogP contribution in [0.2, 0.25) is 0 Å². The Bertz CT molecular complexity index is 1540. The minimum atomic E-state index is -1.94. The SMILES string of the molecule is COc1ccc(C(OC[C@@H]2O[C@H](n3cc(C)c(=O)[nH]c3=O)C(F)C2O)(c2ccccc2)c2ccc(OC)cc2)cc1. The fourth-order valence-corrected chi connectivity index (χ4v) is 5.12. The molecule has 1 aliphatic rings. The van der Waals surface area contributed by atoms with Gasteiger partial charge in [0.15, 0.2) is 12.4 Å². The highest BCUT2D eigenvalue weighted by molar-refractivity contribution is 5.49. The summed E-state index contributed by atoms with van der Waals surface area (Å²) in [5.41, 5.74) is -0.131. The summed E-state index contributed by atoms with van der Waals surface area (Å²) in [5, 5.41) is 10.8. The Hall–Kier alpha value is -4.25. The second kappa shape index (κ2) is 11.7. The van der Waals surface area contributed by atoms with Gasteiger partial charge in [-0.1, -0.05) is 54.6 Å². The predicted molar refractivity (Wildman–Crippen MR) is 149 cm³/mol. The smallest absolute Gasteiger partial charge is 0.330 e. The minimum absolute atomic E-state index is 0.205. The highest BCUT2D eigenvalue weighted by atomic mass is 19.1. The van der Waals surface area contributed by atoms with Gasteiger partial charge < -0.3 is 24.1 Å². The number of rotatable bonds is 9. The molecule has 0 radical (unpaired) electrons. The second-order valence-corrected chi connectivity index (χ2v) is 9.79. The van der Waals surface area contributed by atoms with Gasteiger partial charge in [-0.05, 0) is 47.9 Å². The molecular formula is C31H31FN2O7. The van der Waals surface area contributed by atoms with Crippen LogP contribution in [0.4, 0.5) is 4.39 Å². The topological polar surface area (TPSA) is 112 Å². The zero-order chi connectivity index (χ0) is 29.1. The zero-order valence-corrected chi connectivity index (χ0v) is 22.8. The summed E-state index contributed by atoms with van der Waals surface area (Å²) in [6, 6.07) is 24.3. The lowest BCUT2D eigenvalue weighted by molar-refractivity contribution is -0.0950. The molecule has 2 unspecified atom stereocenters. The first-order valence-electron chi connectivity index (χ1n) is 13.1. The molecule has 4 atom stereocenters. The molecule has 2 N–H and O–H groups in total. The highest BCUT2D eigenvalue weighted by Gasteiger charge is 2.47. The second-order valence-electron chi connectivity index (χ2n) is 9.79. The number of nitrogens with zero attached hydrogens (tertiary/aromatic N) is 1. The van der Waals surface area contributed by atoms with Gasteiger partial charge in [-0.2, -0.15) is 0 Å². The van der Waals surface area contributed by atoms with E-state index in [4.69, 9.17) is 18.9 Å². The van der Waals surface area contributed by atoms with Crippen molar-refractivity contribution in [2.45, 2.75) is 37.1 Å². The third kappa shape index (κ3) is 5.29. The maximum absolute atomic E-state index is 15.4. The van der Waals surface area contributed by atoms with E-state index in [1.807, 2.05) is 78.9 Å². The first-order chi connectivity index (χ1) is 19.8. The third-order valence-electron chi connectivity index (χ3n) is 7.35. The van der Waals surface area contributed by atoms with Crippen molar-refractivity contribution in [3.05, 3.63) is 128 Å². The van der Waals surface area contributed by atoms with Crippen LogP contribution < -0.4 is 20.7 Å². The van der Waals surface area contributed by atoms with Crippen molar-refractivity contribution in [3.63, 3.8) is 0 Å². The lowest BCUT2D eigenvalue weighted by Crippen LogP contribution is -2.39. The van der Waals surface area contributed by atoms with Crippen molar-refractivity contribution >= 4 is 0 Å². The van der Waals surface area contributed by atoms with E-state index in [0.29, 0.717) is 11.5 Å². The largest absolute Gasteiger partial charge is 0.497 e. The summed E-state index contributed by atoms with van der Waals surface area (Å²) in [4.78, 5) is 26.4. The van der Waals surface area contributed by atoms with Crippen LogP contribution in [0.1, 0.15) is 28.5 Å². The van der Waals surface area contributed by atoms with Gasteiger partial charge in [0.05, 0.1) is 20.8 Å². The normalized spacial score (nSPS) is 20.6. The number of hydrogen-bond donors (Lipinski definition) is 2. The highest BCUT2D eigenvalue weighted by Crippen LogP contribution is 2.43. The van der Waals surface area contributed by atoms with Gasteiger partial charge in [0.1, 0.15) is 29.3 Å². The molecule has 9 nitrogen and oxygen atoms in total. The summed E-state index contributed by atoms with van der Waals surface area (Å²) >= 11 is 0. The lowest BCUT2D eigenvalue weighted by atomic mass is 9.80. The molecule has 0 aliphatic carbocycles. The van der Waals surface area contributed by atoms with Gasteiger partial charge in [-0.25, -0.2) is 9.18 Å². The molecule has 1 fully saturated rings. The van der Waals surface area contributed by atoms with Crippen molar-refractivity contribution in [2.75, 3.05) is 20.8 Å². The molecule has 214 valence electrons. The fourth-order valence-electron chi connectivity index (χ4n) is 5.12. The van der Waals surface area contributed by atoms with Crippen LogP contribution in [0.15, 0.2) is 94.6 Å². The monoisotopic (exact) mass is 562 g/mol. The average Bonchev–Trinajstić information content (AvgIpc) is 3.29. The molecule has 0 amide bonds. The van der Waals surface area contributed by atoms with E-state index in [9.17, 15) is 14.7 Å². The lowest BCUT2D eigenvalue weighted by Gasteiger charge is -2.37. The van der Waals surface area contributed by atoms with Crippen LogP contribution in [0.3, 0.4) is 0 Å². The van der Waals surface area contributed by atoms with E-state index >= 15 is 4.39 Å². The summed E-state index contributed by atoms with van der Waals surface area (Å²) in [5.74, 6) is 1.31. The number of nitrogens with one attached hydrogen (secondary N) is 1. The fraction of sp³-hybridized carbons (Fsp3) is 0.290. The standard InChI is InChI=1S/C31H31FN2O7/c1-19-17-34(30(37)33-28(19)36)29-26(32)27(35)25(41-29)18-40-31(20-7-5-4-6-8-20,21-9-13-23(38-2)14-10-21)22-11-15-24(39-3)16-12-22/h4-17,25-27,29,35H,18H2,1-3H3,(H,33,36,37)/t25-,26?,27?,29-/m0/s1. The Morgan fingerprint density at radius 3 is 1.98 bits per heavy atom. The van der Waals surface area contributed by atoms with Crippen LogP contribution in [-0.2, 0) is 15.1 Å². The number of aromatic amines is 1. The first-order valence-corrected chi connectivity index (χ1v) is 13.1. The van der Waals surface area contributed by atoms with Crippen molar-refractivity contribution in [1.29, 1.82) is 0 Å². The average molecular weight is 563 g/mol. The van der Waals surface area contributed by atoms with E-state index < -0.39 is 41.5 Å². The van der Waals surface area contributed by atoms with Crippen LogP contribution in [-0.4, -0.2) is 53.9 Å². The molecule has 5 rings (SSSR count). The Kier molecular flexibility index (Phi) is 8.07. The van der Waals surface area contributed by atoms with Crippen molar-refractivity contribution < 1.29 is 28.4 Å². The number of methoxy groups -OCH3 is 2. The number of halogens is 1. The number of aliphatic hydroxyl groups excluding tert-OH is 1. The molecule has 10 heteroatoms. The van der Waals surface area contributed by atoms with E-state index in [1.54, 1.807) is 14.2 Å². The quantitative estimate of drug-likeness (QED) is 0.301. The Morgan fingerprint density at radius 1 is 0.902 bits per heavy atom. The van der Waals surface area contributed by atoms with Gasteiger partial charge in [0.2, 0.25) is 0 Å². The number of aliphatic hydroxyl groups is 1. The maximum atomic E-state index is 15.4. The molecule has 0 bridgehead atoms. The molecule has 1 aromatic heterocycles. The van der Waals surface area contributed by atoms with E-state index in [-0.39, 0.29) is 12.2 Å². The molecule has 1 saturated heterocycles. The first kappa shape index (κ1) is 28.3. The molecular weight excluding hydrogens is 531 g/mol. The van der Waals surface area contributed by atoms with Gasteiger partial charge >= 0.3 is 5.69 Å². The number of hydrogen-bond acceptors (Lipinski definition) is 7. The molecule has 0 saturated carbocycles.